The van der Waals surface area contributed by atoms with Crippen LogP contribution in [0.15, 0.2) is 35.2 Å². The summed E-state index contributed by atoms with van der Waals surface area (Å²) in [4.78, 5) is 4.00. The Morgan fingerprint density at radius 3 is 2.57 bits per heavy atom. The van der Waals surface area contributed by atoms with Gasteiger partial charge in [-0.05, 0) is 36.8 Å². The van der Waals surface area contributed by atoms with Crippen molar-refractivity contribution in [2.75, 3.05) is 4.72 Å². The normalized spacial score (nSPS) is 11.4. The van der Waals surface area contributed by atoms with Crippen molar-refractivity contribution in [1.29, 1.82) is 0 Å². The third-order valence-corrected chi connectivity index (χ3v) is 4.91. The lowest BCUT2D eigenvalue weighted by Crippen LogP contribution is -2.15. The third kappa shape index (κ3) is 3.65. The van der Waals surface area contributed by atoms with E-state index in [1.54, 1.807) is 25.1 Å². The highest BCUT2D eigenvalue weighted by molar-refractivity contribution is 7.92. The summed E-state index contributed by atoms with van der Waals surface area (Å²) >= 11 is 11.9. The Bertz CT molecular complexity index is 779. The number of benzene rings is 1. The number of hydrogen-bond donors (Lipinski definition) is 2. The van der Waals surface area contributed by atoms with Gasteiger partial charge in [-0.3, -0.25) is 4.72 Å². The van der Waals surface area contributed by atoms with Crippen LogP contribution in [0.4, 0.5) is 5.82 Å². The number of halogens is 2. The Hall–Kier alpha value is -1.34. The van der Waals surface area contributed by atoms with Crippen LogP contribution in [0.1, 0.15) is 11.3 Å². The predicted octanol–water partition coefficient (Wildman–Crippen LogP) is 2.96. The van der Waals surface area contributed by atoms with Crippen molar-refractivity contribution in [2.45, 2.75) is 18.4 Å². The molecule has 0 amide bonds. The van der Waals surface area contributed by atoms with E-state index in [1.165, 1.54) is 12.1 Å². The molecular formula is C13H13Cl2N3O2S. The lowest BCUT2D eigenvalue weighted by atomic mass is 10.2. The van der Waals surface area contributed by atoms with E-state index in [0.29, 0.717) is 16.3 Å². The van der Waals surface area contributed by atoms with Gasteiger partial charge in [-0.1, -0.05) is 29.3 Å². The van der Waals surface area contributed by atoms with Crippen LogP contribution < -0.4 is 10.5 Å². The van der Waals surface area contributed by atoms with Crippen LogP contribution >= 0.6 is 23.2 Å². The van der Waals surface area contributed by atoms with Crippen molar-refractivity contribution in [1.82, 2.24) is 4.98 Å². The summed E-state index contributed by atoms with van der Waals surface area (Å²) in [6.45, 7) is 1.88. The molecule has 0 aliphatic rings. The molecule has 0 atom stereocenters. The third-order valence-electron chi connectivity index (χ3n) is 2.74. The van der Waals surface area contributed by atoms with Crippen LogP contribution in [0.5, 0.6) is 0 Å². The molecule has 0 aliphatic carbocycles. The van der Waals surface area contributed by atoms with Gasteiger partial charge in [0.1, 0.15) is 10.7 Å². The quantitative estimate of drug-likeness (QED) is 0.891. The van der Waals surface area contributed by atoms with Gasteiger partial charge in [-0.2, -0.15) is 0 Å². The first-order valence-corrected chi connectivity index (χ1v) is 8.22. The molecule has 0 fully saturated rings. The van der Waals surface area contributed by atoms with Crippen LogP contribution in [0.25, 0.3) is 0 Å². The lowest BCUT2D eigenvalue weighted by molar-refractivity contribution is 0.601. The van der Waals surface area contributed by atoms with E-state index in [-0.39, 0.29) is 22.3 Å². The van der Waals surface area contributed by atoms with E-state index in [0.717, 1.165) is 0 Å². The summed E-state index contributed by atoms with van der Waals surface area (Å²) in [7, 11) is -3.87. The first-order chi connectivity index (χ1) is 9.83. The molecule has 0 saturated heterocycles. The fourth-order valence-corrected chi connectivity index (χ4v) is 3.60. The van der Waals surface area contributed by atoms with Crippen molar-refractivity contribution >= 4 is 39.0 Å². The summed E-state index contributed by atoms with van der Waals surface area (Å²) in [6.07, 6.45) is 0. The second-order valence-corrected chi connectivity index (χ2v) is 6.81. The first-order valence-electron chi connectivity index (χ1n) is 5.98. The smallest absolute Gasteiger partial charge is 0.264 e. The van der Waals surface area contributed by atoms with Crippen LogP contribution in [0.2, 0.25) is 10.0 Å². The predicted molar refractivity (Wildman–Crippen MR) is 84.1 cm³/mol. The monoisotopic (exact) mass is 345 g/mol. The Morgan fingerprint density at radius 1 is 1.24 bits per heavy atom. The average molecular weight is 346 g/mol. The molecule has 112 valence electrons. The summed E-state index contributed by atoms with van der Waals surface area (Å²) in [5, 5.41) is 0.354. The van der Waals surface area contributed by atoms with Crippen molar-refractivity contribution in [2.24, 2.45) is 5.73 Å². The maximum atomic E-state index is 12.4. The number of sulfonamides is 1. The summed E-state index contributed by atoms with van der Waals surface area (Å²) in [5.74, 6) is 0.218. The number of anilines is 1. The molecule has 0 aliphatic heterocycles. The summed E-state index contributed by atoms with van der Waals surface area (Å²) in [5.41, 5.74) is 6.72. The van der Waals surface area contributed by atoms with Gasteiger partial charge in [-0.15, -0.1) is 0 Å². The number of hydrogen-bond acceptors (Lipinski definition) is 4. The van der Waals surface area contributed by atoms with E-state index < -0.39 is 10.0 Å². The lowest BCUT2D eigenvalue weighted by Gasteiger charge is -2.11. The molecule has 8 heteroatoms. The highest BCUT2D eigenvalue weighted by atomic mass is 35.5. The molecule has 2 rings (SSSR count). The Labute approximate surface area is 133 Å². The number of nitrogens with zero attached hydrogens (tertiary/aromatic N) is 1. The molecule has 0 radical (unpaired) electrons. The Kier molecular flexibility index (Phi) is 4.73. The van der Waals surface area contributed by atoms with Gasteiger partial charge in [-0.25, -0.2) is 13.4 Å². The second kappa shape index (κ2) is 6.19. The molecule has 21 heavy (non-hydrogen) atoms. The van der Waals surface area contributed by atoms with Crippen LogP contribution in [0, 0.1) is 6.92 Å². The number of aromatic nitrogens is 1. The van der Waals surface area contributed by atoms with Crippen molar-refractivity contribution in [3.63, 3.8) is 0 Å². The molecule has 5 nitrogen and oxygen atoms in total. The zero-order valence-corrected chi connectivity index (χ0v) is 13.4. The molecule has 0 unspecified atom stereocenters. The van der Waals surface area contributed by atoms with E-state index in [4.69, 9.17) is 28.9 Å². The summed E-state index contributed by atoms with van der Waals surface area (Å²) in [6, 6.07) is 7.75. The summed E-state index contributed by atoms with van der Waals surface area (Å²) < 4.78 is 27.2. The Balaban J connectivity index is 2.44. The fourth-order valence-electron chi connectivity index (χ4n) is 1.73. The maximum absolute atomic E-state index is 12.4. The topological polar surface area (TPSA) is 85.1 Å². The van der Waals surface area contributed by atoms with Gasteiger partial charge in [0.15, 0.2) is 0 Å². The minimum Gasteiger partial charge on any atom is -0.326 e. The molecule has 1 aromatic heterocycles. The van der Waals surface area contributed by atoms with Gasteiger partial charge in [0.25, 0.3) is 10.0 Å². The molecule has 0 spiro atoms. The number of pyridine rings is 1. The number of nitrogens with two attached hydrogens (primary N) is 1. The molecule has 3 N–H and O–H groups in total. The molecule has 0 saturated carbocycles. The molecule has 1 heterocycles. The van der Waals surface area contributed by atoms with Gasteiger partial charge >= 0.3 is 0 Å². The van der Waals surface area contributed by atoms with E-state index in [1.807, 2.05) is 0 Å². The van der Waals surface area contributed by atoms with E-state index >= 15 is 0 Å². The minimum absolute atomic E-state index is 0.0253. The standard InChI is InChI=1S/C13H13Cl2N3O2S/c1-8-3-2-4-13(17-8)18-21(19,20)12-5-9(7-16)10(14)6-11(12)15/h2-6H,7,16H2,1H3,(H,17,18). The fraction of sp³-hybridized carbons (Fsp3) is 0.154. The highest BCUT2D eigenvalue weighted by Crippen LogP contribution is 2.29. The van der Waals surface area contributed by atoms with Crippen LogP contribution in [0.3, 0.4) is 0 Å². The second-order valence-electron chi connectivity index (χ2n) is 4.35. The number of rotatable bonds is 4. The van der Waals surface area contributed by atoms with Crippen LogP contribution in [-0.4, -0.2) is 13.4 Å². The van der Waals surface area contributed by atoms with Crippen molar-refractivity contribution in [3.8, 4) is 0 Å². The van der Waals surface area contributed by atoms with Gasteiger partial charge in [0.05, 0.1) is 5.02 Å². The van der Waals surface area contributed by atoms with E-state index in [2.05, 4.69) is 9.71 Å². The number of nitrogens with one attached hydrogen (secondary N) is 1. The Morgan fingerprint density at radius 2 is 1.95 bits per heavy atom. The zero-order valence-electron chi connectivity index (χ0n) is 11.1. The van der Waals surface area contributed by atoms with Gasteiger partial charge in [0, 0.05) is 17.3 Å². The molecular weight excluding hydrogens is 333 g/mol. The highest BCUT2D eigenvalue weighted by Gasteiger charge is 2.20. The van der Waals surface area contributed by atoms with Crippen molar-refractivity contribution < 1.29 is 8.42 Å². The van der Waals surface area contributed by atoms with Crippen LogP contribution in [-0.2, 0) is 16.6 Å². The van der Waals surface area contributed by atoms with Gasteiger partial charge < -0.3 is 5.73 Å². The largest absolute Gasteiger partial charge is 0.326 e. The maximum Gasteiger partial charge on any atom is 0.264 e. The molecule has 1 aromatic carbocycles. The molecule has 2 aromatic rings. The number of aryl methyl sites for hydroxylation is 1. The van der Waals surface area contributed by atoms with Gasteiger partial charge in [0.2, 0.25) is 0 Å². The van der Waals surface area contributed by atoms with E-state index in [9.17, 15) is 8.42 Å². The SMILES string of the molecule is Cc1cccc(NS(=O)(=O)c2cc(CN)c(Cl)cc2Cl)n1. The van der Waals surface area contributed by atoms with Crippen molar-refractivity contribution in [3.05, 3.63) is 51.6 Å². The first kappa shape index (κ1) is 16.0. The zero-order chi connectivity index (χ0) is 15.6. The molecule has 0 bridgehead atoms. The average Bonchev–Trinajstić information content (AvgIpc) is 2.37. The minimum atomic E-state index is -3.87.